The van der Waals surface area contributed by atoms with Crippen LogP contribution in [-0.4, -0.2) is 33.9 Å². The molecule has 21 heavy (non-hydrogen) atoms. The Kier molecular flexibility index (Phi) is 4.74. The third-order valence-corrected chi connectivity index (χ3v) is 2.85. The van der Waals surface area contributed by atoms with Gasteiger partial charge in [-0.2, -0.15) is 4.98 Å². The molecule has 2 rings (SSSR count). The topological polar surface area (TPSA) is 66.2 Å². The van der Waals surface area contributed by atoms with Gasteiger partial charge >= 0.3 is 12.0 Å². The van der Waals surface area contributed by atoms with Crippen molar-refractivity contribution in [2.75, 3.05) is 13.2 Å². The molecule has 0 fully saturated rings. The zero-order chi connectivity index (χ0) is 15.4. The van der Waals surface area contributed by atoms with Crippen molar-refractivity contribution in [2.24, 2.45) is 7.05 Å². The molecule has 0 spiro atoms. The van der Waals surface area contributed by atoms with Crippen LogP contribution >= 0.6 is 11.6 Å². The first-order valence-electron chi connectivity index (χ1n) is 6.16. The minimum atomic E-state index is -0.508. The Morgan fingerprint density at radius 3 is 2.90 bits per heavy atom. The number of hydrogen-bond acceptors (Lipinski definition) is 5. The zero-order valence-electron chi connectivity index (χ0n) is 11.5. The minimum absolute atomic E-state index is 0.0148. The van der Waals surface area contributed by atoms with Gasteiger partial charge in [-0.15, -0.1) is 5.10 Å². The second-order valence-electron chi connectivity index (χ2n) is 4.06. The van der Waals surface area contributed by atoms with Crippen LogP contribution in [-0.2, 0) is 16.6 Å². The molecule has 1 heterocycles. The van der Waals surface area contributed by atoms with E-state index in [1.807, 2.05) is 0 Å². The molecule has 0 amide bonds. The predicted octanol–water partition coefficient (Wildman–Crippen LogP) is 2.22. The van der Waals surface area contributed by atoms with Crippen molar-refractivity contribution >= 4 is 17.6 Å². The maximum absolute atomic E-state index is 13.0. The largest absolute Gasteiger partial charge is 0.463 e. The Bertz CT molecular complexity index is 660. The Balaban J connectivity index is 2.17. The van der Waals surface area contributed by atoms with Crippen LogP contribution in [0.1, 0.15) is 6.92 Å². The van der Waals surface area contributed by atoms with E-state index in [1.54, 1.807) is 14.0 Å². The van der Waals surface area contributed by atoms with Gasteiger partial charge in [0.2, 0.25) is 0 Å². The average Bonchev–Trinajstić information content (AvgIpc) is 2.78. The number of ether oxygens (including phenoxy) is 2. The summed E-state index contributed by atoms with van der Waals surface area (Å²) in [7, 11) is 1.64. The van der Waals surface area contributed by atoms with Gasteiger partial charge in [0.1, 0.15) is 5.82 Å². The van der Waals surface area contributed by atoms with Crippen molar-refractivity contribution < 1.29 is 18.7 Å². The number of nitrogens with zero attached hydrogens (tertiary/aromatic N) is 3. The van der Waals surface area contributed by atoms with Crippen molar-refractivity contribution in [1.82, 2.24) is 14.8 Å². The molecule has 0 unspecified atom stereocenters. The average molecular weight is 314 g/mol. The van der Waals surface area contributed by atoms with Crippen molar-refractivity contribution in [3.8, 4) is 17.4 Å². The van der Waals surface area contributed by atoms with Gasteiger partial charge < -0.3 is 9.47 Å². The lowest BCUT2D eigenvalue weighted by molar-refractivity contribution is -0.145. The normalized spacial score (nSPS) is 10.5. The van der Waals surface area contributed by atoms with E-state index in [2.05, 4.69) is 10.1 Å². The van der Waals surface area contributed by atoms with Crippen LogP contribution < -0.4 is 4.74 Å². The summed E-state index contributed by atoms with van der Waals surface area (Å²) in [6, 6.07) is 3.97. The van der Waals surface area contributed by atoms with Crippen molar-refractivity contribution in [3.05, 3.63) is 29.0 Å². The van der Waals surface area contributed by atoms with Crippen molar-refractivity contribution in [2.45, 2.75) is 6.92 Å². The molecular formula is C13H13ClFN3O3. The molecule has 112 valence electrons. The number of carbonyl (C=O) groups excluding carboxylic acids is 1. The monoisotopic (exact) mass is 313 g/mol. The van der Waals surface area contributed by atoms with E-state index in [9.17, 15) is 9.18 Å². The van der Waals surface area contributed by atoms with E-state index in [1.165, 1.54) is 22.9 Å². The van der Waals surface area contributed by atoms with E-state index in [0.29, 0.717) is 11.4 Å². The molecular weight excluding hydrogens is 301 g/mol. The van der Waals surface area contributed by atoms with Gasteiger partial charge in [0.05, 0.1) is 11.6 Å². The summed E-state index contributed by atoms with van der Waals surface area (Å²) in [4.78, 5) is 15.3. The second-order valence-corrected chi connectivity index (χ2v) is 4.47. The van der Waals surface area contributed by atoms with Crippen LogP contribution in [0.4, 0.5) is 4.39 Å². The number of aryl methyl sites for hydroxylation is 1. The summed E-state index contributed by atoms with van der Waals surface area (Å²) >= 11 is 5.98. The van der Waals surface area contributed by atoms with Crippen molar-refractivity contribution in [3.63, 3.8) is 0 Å². The van der Waals surface area contributed by atoms with Gasteiger partial charge in [-0.3, -0.25) is 0 Å². The number of aromatic nitrogens is 3. The van der Waals surface area contributed by atoms with Gasteiger partial charge in [-0.25, -0.2) is 13.9 Å². The molecule has 0 aliphatic rings. The summed E-state index contributed by atoms with van der Waals surface area (Å²) in [5.74, 6) is -0.546. The summed E-state index contributed by atoms with van der Waals surface area (Å²) in [6.45, 7) is 1.69. The summed E-state index contributed by atoms with van der Waals surface area (Å²) in [5, 5.41) is 4.22. The molecule has 0 saturated heterocycles. The lowest BCUT2D eigenvalue weighted by atomic mass is 10.2. The predicted molar refractivity (Wildman–Crippen MR) is 73.5 cm³/mol. The van der Waals surface area contributed by atoms with Crippen LogP contribution in [0.3, 0.4) is 0 Å². The molecule has 0 atom stereocenters. The Morgan fingerprint density at radius 2 is 2.24 bits per heavy atom. The maximum Gasteiger partial charge on any atom is 0.344 e. The second kappa shape index (κ2) is 6.53. The SMILES string of the molecule is CCOC(=O)COc1nc(-c2ccc(F)cc2Cl)n(C)n1. The fourth-order valence-electron chi connectivity index (χ4n) is 1.65. The molecule has 0 radical (unpaired) electrons. The van der Waals surface area contributed by atoms with Crippen LogP contribution in [0.25, 0.3) is 11.4 Å². The maximum atomic E-state index is 13.0. The van der Waals surface area contributed by atoms with Gasteiger partial charge in [-0.05, 0) is 25.1 Å². The first-order chi connectivity index (χ1) is 10.0. The quantitative estimate of drug-likeness (QED) is 0.792. The summed E-state index contributed by atoms with van der Waals surface area (Å²) < 4.78 is 24.3. The smallest absolute Gasteiger partial charge is 0.344 e. The van der Waals surface area contributed by atoms with Crippen LogP contribution in [0.5, 0.6) is 6.01 Å². The molecule has 1 aromatic carbocycles. The molecule has 0 saturated carbocycles. The highest BCUT2D eigenvalue weighted by molar-refractivity contribution is 6.33. The highest BCUT2D eigenvalue weighted by atomic mass is 35.5. The fraction of sp³-hybridized carbons (Fsp3) is 0.308. The van der Waals surface area contributed by atoms with Gasteiger partial charge in [0.15, 0.2) is 12.4 Å². The minimum Gasteiger partial charge on any atom is -0.463 e. The standard InChI is InChI=1S/C13H13ClFN3O3/c1-3-20-11(19)7-21-13-16-12(18(2)17-13)9-5-4-8(15)6-10(9)14/h4-6H,3,7H2,1-2H3. The summed E-state index contributed by atoms with van der Waals surface area (Å²) in [6.07, 6.45) is 0. The number of rotatable bonds is 5. The zero-order valence-corrected chi connectivity index (χ0v) is 12.2. The summed E-state index contributed by atoms with van der Waals surface area (Å²) in [5.41, 5.74) is 0.513. The van der Waals surface area contributed by atoms with Gasteiger partial charge in [0, 0.05) is 12.6 Å². The van der Waals surface area contributed by atoms with Crippen molar-refractivity contribution in [1.29, 1.82) is 0 Å². The fourth-order valence-corrected chi connectivity index (χ4v) is 1.91. The van der Waals surface area contributed by atoms with E-state index >= 15 is 0 Å². The molecule has 0 N–H and O–H groups in total. The van der Waals surface area contributed by atoms with E-state index in [4.69, 9.17) is 21.1 Å². The Morgan fingerprint density at radius 1 is 1.48 bits per heavy atom. The number of benzene rings is 1. The van der Waals surface area contributed by atoms with E-state index in [0.717, 1.165) is 0 Å². The molecule has 0 aliphatic heterocycles. The third-order valence-electron chi connectivity index (χ3n) is 2.54. The van der Waals surface area contributed by atoms with Gasteiger partial charge in [-0.1, -0.05) is 11.6 Å². The van der Waals surface area contributed by atoms with Crippen LogP contribution in [0, 0.1) is 5.82 Å². The molecule has 0 bridgehead atoms. The van der Waals surface area contributed by atoms with Gasteiger partial charge in [0.25, 0.3) is 0 Å². The molecule has 2 aromatic rings. The van der Waals surface area contributed by atoms with E-state index < -0.39 is 11.8 Å². The molecule has 0 aliphatic carbocycles. The molecule has 6 nitrogen and oxygen atoms in total. The first kappa shape index (κ1) is 15.2. The lowest BCUT2D eigenvalue weighted by Gasteiger charge is -2.02. The lowest BCUT2D eigenvalue weighted by Crippen LogP contribution is -2.15. The first-order valence-corrected chi connectivity index (χ1v) is 6.54. The number of carbonyl (C=O) groups is 1. The Labute approximate surface area is 125 Å². The number of hydrogen-bond donors (Lipinski definition) is 0. The van der Waals surface area contributed by atoms with Crippen LogP contribution in [0.2, 0.25) is 5.02 Å². The highest BCUT2D eigenvalue weighted by Gasteiger charge is 2.15. The third kappa shape index (κ3) is 3.69. The van der Waals surface area contributed by atoms with E-state index in [-0.39, 0.29) is 24.2 Å². The molecule has 8 heteroatoms. The number of halogens is 2. The number of esters is 1. The highest BCUT2D eigenvalue weighted by Crippen LogP contribution is 2.27. The Hall–Kier alpha value is -2.15. The molecule has 1 aromatic heterocycles. The van der Waals surface area contributed by atoms with Crippen LogP contribution in [0.15, 0.2) is 18.2 Å².